The van der Waals surface area contributed by atoms with Crippen molar-refractivity contribution in [2.24, 2.45) is 33.6 Å². The van der Waals surface area contributed by atoms with E-state index in [2.05, 4.69) is 13.8 Å². The third-order valence-electron chi connectivity index (χ3n) is 10.0. The van der Waals surface area contributed by atoms with Crippen LogP contribution in [0.3, 0.4) is 0 Å². The molecule has 0 saturated heterocycles. The van der Waals surface area contributed by atoms with Gasteiger partial charge in [0.15, 0.2) is 0 Å². The van der Waals surface area contributed by atoms with Crippen LogP contribution in [-0.2, 0) is 9.59 Å². The predicted octanol–water partition coefficient (Wildman–Crippen LogP) is 5.60. The lowest BCUT2D eigenvalue weighted by atomic mass is 9.42. The molecule has 0 bridgehead atoms. The Morgan fingerprint density at radius 2 is 1.81 bits per heavy atom. The smallest absolute Gasteiger partial charge is 0.139 e. The summed E-state index contributed by atoms with van der Waals surface area (Å²) in [6.07, 6.45) is 6.97. The Hall–Kier alpha value is -1.49. The molecule has 0 aromatic heterocycles. The zero-order valence-electron chi connectivity index (χ0n) is 18.3. The fourth-order valence-corrected chi connectivity index (χ4v) is 9.94. The van der Waals surface area contributed by atoms with Crippen LogP contribution in [-0.4, -0.2) is 27.4 Å². The molecule has 3 nitrogen and oxygen atoms in total. The van der Waals surface area contributed by atoms with Crippen molar-refractivity contribution in [2.75, 3.05) is 0 Å². The second kappa shape index (κ2) is 6.52. The normalized spacial score (nSPS) is 46.1. The van der Waals surface area contributed by atoms with Gasteiger partial charge >= 0.3 is 0 Å². The van der Waals surface area contributed by atoms with E-state index in [0.29, 0.717) is 42.2 Å². The number of halogens is 1. The first-order valence-electron chi connectivity index (χ1n) is 11.8. The maximum absolute atomic E-state index is 13.5. The SMILES string of the molecule is C[C@]12CC[C@H]3[C@@H](C[C@@H]4SC(c5ccc(F)cc5)=N[C@@]45CC(=O)CC[C@]35C)[C@@H]1CCC2=O. The van der Waals surface area contributed by atoms with Gasteiger partial charge in [0.2, 0.25) is 0 Å². The maximum Gasteiger partial charge on any atom is 0.139 e. The van der Waals surface area contributed by atoms with Crippen molar-refractivity contribution >= 4 is 28.4 Å². The van der Waals surface area contributed by atoms with Crippen LogP contribution >= 0.6 is 11.8 Å². The van der Waals surface area contributed by atoms with Gasteiger partial charge < -0.3 is 0 Å². The van der Waals surface area contributed by atoms with Crippen LogP contribution in [0, 0.1) is 34.4 Å². The Kier molecular flexibility index (Phi) is 4.24. The Morgan fingerprint density at radius 3 is 2.58 bits per heavy atom. The molecule has 4 aliphatic carbocycles. The summed E-state index contributed by atoms with van der Waals surface area (Å²) in [4.78, 5) is 30.9. The van der Waals surface area contributed by atoms with Crippen LogP contribution < -0.4 is 0 Å². The van der Waals surface area contributed by atoms with Gasteiger partial charge in [-0.15, -0.1) is 11.8 Å². The number of Topliss-reactive ketones (excluding diaryl/α,β-unsaturated/α-hetero) is 2. The molecule has 1 aromatic carbocycles. The number of nitrogens with zero attached hydrogens (tertiary/aromatic N) is 1. The van der Waals surface area contributed by atoms with Crippen molar-refractivity contribution in [1.82, 2.24) is 0 Å². The molecule has 7 atom stereocenters. The van der Waals surface area contributed by atoms with Crippen LogP contribution in [0.4, 0.5) is 4.39 Å². The summed E-state index contributed by atoms with van der Waals surface area (Å²) >= 11 is 1.81. The van der Waals surface area contributed by atoms with E-state index < -0.39 is 0 Å². The van der Waals surface area contributed by atoms with Crippen molar-refractivity contribution in [3.05, 3.63) is 35.6 Å². The Balaban J connectivity index is 1.45. The van der Waals surface area contributed by atoms with Gasteiger partial charge in [0.05, 0.1) is 10.6 Å². The van der Waals surface area contributed by atoms with Gasteiger partial charge in [0.1, 0.15) is 17.4 Å². The van der Waals surface area contributed by atoms with Crippen LogP contribution in [0.5, 0.6) is 0 Å². The summed E-state index contributed by atoms with van der Waals surface area (Å²) in [6.45, 7) is 4.63. The third kappa shape index (κ3) is 2.56. The van der Waals surface area contributed by atoms with Crippen LogP contribution in [0.25, 0.3) is 0 Å². The van der Waals surface area contributed by atoms with Crippen LogP contribution in [0.15, 0.2) is 29.3 Å². The van der Waals surface area contributed by atoms with Crippen LogP contribution in [0.1, 0.15) is 70.8 Å². The Bertz CT molecular complexity index is 1010. The van der Waals surface area contributed by atoms with E-state index >= 15 is 0 Å². The molecule has 4 fully saturated rings. The molecule has 1 spiro atoms. The number of aliphatic imine (C=N–C) groups is 1. The number of benzene rings is 1. The average Bonchev–Trinajstić information content (AvgIpc) is 3.25. The van der Waals surface area contributed by atoms with E-state index in [0.717, 1.165) is 49.1 Å². The molecule has 0 N–H and O–H groups in total. The van der Waals surface area contributed by atoms with Gasteiger partial charge in [-0.05, 0) is 79.5 Å². The molecular weight excluding hydrogens is 409 g/mol. The summed E-state index contributed by atoms with van der Waals surface area (Å²) < 4.78 is 13.5. The maximum atomic E-state index is 13.5. The Morgan fingerprint density at radius 1 is 1.03 bits per heavy atom. The number of hydrogen-bond acceptors (Lipinski definition) is 4. The van der Waals surface area contributed by atoms with Crippen molar-refractivity contribution in [3.63, 3.8) is 0 Å². The highest BCUT2D eigenvalue weighted by molar-refractivity contribution is 8.15. The number of fused-ring (bicyclic) bond motifs is 4. The highest BCUT2D eigenvalue weighted by atomic mass is 32.2. The number of carbonyl (C=O) groups excluding carboxylic acids is 2. The van der Waals surface area contributed by atoms with E-state index in [-0.39, 0.29) is 27.4 Å². The fourth-order valence-electron chi connectivity index (χ4n) is 8.27. The quantitative estimate of drug-likeness (QED) is 0.572. The van der Waals surface area contributed by atoms with Gasteiger partial charge in [-0.2, -0.15) is 0 Å². The molecule has 1 aliphatic heterocycles. The van der Waals surface area contributed by atoms with E-state index in [9.17, 15) is 14.0 Å². The first-order chi connectivity index (χ1) is 14.8. The first-order valence-corrected chi connectivity index (χ1v) is 12.7. The molecular formula is C26H30FNO2S. The van der Waals surface area contributed by atoms with Crippen molar-refractivity contribution < 1.29 is 14.0 Å². The molecule has 1 aromatic rings. The van der Waals surface area contributed by atoms with Crippen LogP contribution in [0.2, 0.25) is 0 Å². The minimum absolute atomic E-state index is 0.0176. The second-order valence-corrected chi connectivity index (χ2v) is 12.3. The molecule has 164 valence electrons. The molecule has 5 heteroatoms. The van der Waals surface area contributed by atoms with Crippen molar-refractivity contribution in [1.29, 1.82) is 0 Å². The lowest BCUT2D eigenvalue weighted by molar-refractivity contribution is -0.146. The average molecular weight is 440 g/mol. The summed E-state index contributed by atoms with van der Waals surface area (Å²) in [5.41, 5.74) is 0.440. The summed E-state index contributed by atoms with van der Waals surface area (Å²) in [6, 6.07) is 6.63. The number of thioether (sulfide) groups is 1. The highest BCUT2D eigenvalue weighted by Crippen LogP contribution is 2.70. The van der Waals surface area contributed by atoms with Gasteiger partial charge in [-0.1, -0.05) is 13.8 Å². The minimum atomic E-state index is -0.353. The van der Waals surface area contributed by atoms with E-state index in [1.54, 1.807) is 0 Å². The minimum Gasteiger partial charge on any atom is -0.300 e. The fraction of sp³-hybridized carbons (Fsp3) is 0.654. The van der Waals surface area contributed by atoms with E-state index in [1.165, 1.54) is 12.1 Å². The lowest BCUT2D eigenvalue weighted by Gasteiger charge is -2.64. The zero-order chi connectivity index (χ0) is 21.6. The number of rotatable bonds is 1. The molecule has 1 heterocycles. The highest BCUT2D eigenvalue weighted by Gasteiger charge is 2.69. The van der Waals surface area contributed by atoms with E-state index in [1.807, 2.05) is 23.9 Å². The number of ketones is 2. The lowest BCUT2D eigenvalue weighted by Crippen LogP contribution is -2.65. The first kappa shape index (κ1) is 20.1. The molecule has 0 unspecified atom stereocenters. The monoisotopic (exact) mass is 439 g/mol. The van der Waals surface area contributed by atoms with Crippen molar-refractivity contribution in [3.8, 4) is 0 Å². The van der Waals surface area contributed by atoms with Gasteiger partial charge in [0, 0.05) is 35.5 Å². The molecule has 6 rings (SSSR count). The molecule has 31 heavy (non-hydrogen) atoms. The third-order valence-corrected chi connectivity index (χ3v) is 11.4. The molecule has 0 radical (unpaired) electrons. The second-order valence-electron chi connectivity index (χ2n) is 11.1. The topological polar surface area (TPSA) is 46.5 Å². The summed E-state index contributed by atoms with van der Waals surface area (Å²) in [5.74, 6) is 2.11. The van der Waals surface area contributed by atoms with Gasteiger partial charge in [-0.3, -0.25) is 14.6 Å². The van der Waals surface area contributed by atoms with E-state index in [4.69, 9.17) is 4.99 Å². The van der Waals surface area contributed by atoms with Gasteiger partial charge in [0.25, 0.3) is 0 Å². The predicted molar refractivity (Wildman–Crippen MR) is 121 cm³/mol. The summed E-state index contributed by atoms with van der Waals surface area (Å²) in [7, 11) is 0. The van der Waals surface area contributed by atoms with Crippen molar-refractivity contribution in [2.45, 2.75) is 76.0 Å². The number of carbonyl (C=O) groups is 2. The zero-order valence-corrected chi connectivity index (χ0v) is 19.1. The molecule has 5 aliphatic rings. The Labute approximate surface area is 187 Å². The summed E-state index contributed by atoms with van der Waals surface area (Å²) in [5, 5.41) is 1.23. The van der Waals surface area contributed by atoms with Gasteiger partial charge in [-0.25, -0.2) is 4.39 Å². The molecule has 0 amide bonds. The number of hydrogen-bond donors (Lipinski definition) is 0. The largest absolute Gasteiger partial charge is 0.300 e. The molecule has 4 saturated carbocycles. The standard InChI is InChI=1S/C26H30FNO2S/c1-24-11-10-20-18(19(24)7-8-21(24)30)13-22-26(14-17(29)9-12-25(20,26)2)28-23(31-22)15-3-5-16(27)6-4-15/h3-6,18-20,22H,7-14H2,1-2H3/t18-,19-,20-,22-,24-,25+,26-/m0/s1.